The lowest BCUT2D eigenvalue weighted by Gasteiger charge is -2.24. The molecule has 2 fully saturated rings. The van der Waals surface area contributed by atoms with E-state index >= 15 is 0 Å². The molecule has 1 aromatic rings. The van der Waals surface area contributed by atoms with Gasteiger partial charge in [0.2, 0.25) is 11.8 Å². The second-order valence-corrected chi connectivity index (χ2v) is 6.86. The third-order valence-corrected chi connectivity index (χ3v) is 5.01. The van der Waals surface area contributed by atoms with E-state index in [4.69, 9.17) is 4.74 Å². The first-order chi connectivity index (χ1) is 12.2. The third kappa shape index (κ3) is 4.79. The number of fused-ring (bicyclic) bond motifs is 1. The van der Waals surface area contributed by atoms with Crippen LogP contribution in [0.3, 0.4) is 0 Å². The highest BCUT2D eigenvalue weighted by Gasteiger charge is 2.38. The molecule has 3 atom stereocenters. The minimum absolute atomic E-state index is 0.0153. The van der Waals surface area contributed by atoms with Gasteiger partial charge in [-0.3, -0.25) is 14.3 Å². The van der Waals surface area contributed by atoms with Crippen molar-refractivity contribution >= 4 is 17.5 Å². The molecule has 1 saturated heterocycles. The van der Waals surface area contributed by atoms with Crippen molar-refractivity contribution in [1.29, 1.82) is 0 Å². The van der Waals surface area contributed by atoms with E-state index in [1.165, 1.54) is 30.4 Å². The Morgan fingerprint density at radius 3 is 3.04 bits per heavy atom. The van der Waals surface area contributed by atoms with Gasteiger partial charge in [-0.2, -0.15) is 5.10 Å². The number of rotatable bonds is 7. The molecule has 8 nitrogen and oxygen atoms in total. The Balaban J connectivity index is 1.46. The number of hydrogen-bond acceptors (Lipinski definition) is 5. The minimum atomic E-state index is -0.139. The predicted octanol–water partition coefficient (Wildman–Crippen LogP) is 0.505. The number of anilines is 1. The van der Waals surface area contributed by atoms with Crippen molar-refractivity contribution in [3.63, 3.8) is 0 Å². The summed E-state index contributed by atoms with van der Waals surface area (Å²) < 4.78 is 6.40. The second-order valence-electron chi connectivity index (χ2n) is 6.86. The number of amides is 2. The molecule has 2 heterocycles. The highest BCUT2D eigenvalue weighted by molar-refractivity contribution is 5.94. The van der Waals surface area contributed by atoms with E-state index < -0.39 is 0 Å². The fourth-order valence-corrected chi connectivity index (χ4v) is 3.76. The Hall–Kier alpha value is -1.93. The van der Waals surface area contributed by atoms with Crippen molar-refractivity contribution < 1.29 is 14.3 Å². The Labute approximate surface area is 147 Å². The maximum atomic E-state index is 12.5. The number of methoxy groups -OCH3 is 1. The summed E-state index contributed by atoms with van der Waals surface area (Å²) in [6.45, 7) is 1.06. The summed E-state index contributed by atoms with van der Waals surface area (Å²) in [4.78, 5) is 24.2. The number of carbonyl (C=O) groups excluding carboxylic acids is 2. The van der Waals surface area contributed by atoms with Gasteiger partial charge >= 0.3 is 0 Å². The molecule has 0 spiro atoms. The lowest BCUT2D eigenvalue weighted by atomic mass is 9.85. The molecule has 0 radical (unpaired) electrons. The van der Waals surface area contributed by atoms with Crippen LogP contribution in [0.5, 0.6) is 0 Å². The summed E-state index contributed by atoms with van der Waals surface area (Å²) in [5.41, 5.74) is 0.617. The van der Waals surface area contributed by atoms with Gasteiger partial charge in [-0.05, 0) is 25.2 Å². The van der Waals surface area contributed by atoms with Gasteiger partial charge in [0.05, 0.1) is 24.5 Å². The zero-order chi connectivity index (χ0) is 17.6. The molecule has 3 N–H and O–H groups in total. The fraction of sp³-hybridized carbons (Fsp3) is 0.706. The van der Waals surface area contributed by atoms with Gasteiger partial charge in [-0.25, -0.2) is 0 Å². The topological polar surface area (TPSA) is 97.3 Å². The normalized spacial score (nSPS) is 25.4. The molecule has 3 unspecified atom stereocenters. The largest absolute Gasteiger partial charge is 0.383 e. The summed E-state index contributed by atoms with van der Waals surface area (Å²) in [7, 11) is 1.59. The van der Waals surface area contributed by atoms with Gasteiger partial charge in [0.25, 0.3) is 0 Å². The van der Waals surface area contributed by atoms with Crippen molar-refractivity contribution in [1.82, 2.24) is 20.4 Å². The van der Waals surface area contributed by atoms with Crippen LogP contribution in [0.2, 0.25) is 0 Å². The summed E-state index contributed by atoms with van der Waals surface area (Å²) in [6.07, 6.45) is 9.07. The van der Waals surface area contributed by atoms with Gasteiger partial charge in [0.15, 0.2) is 0 Å². The first-order valence-corrected chi connectivity index (χ1v) is 9.00. The van der Waals surface area contributed by atoms with Gasteiger partial charge in [-0.15, -0.1) is 0 Å². The van der Waals surface area contributed by atoms with Gasteiger partial charge in [0, 0.05) is 25.9 Å². The maximum Gasteiger partial charge on any atom is 0.241 e. The van der Waals surface area contributed by atoms with Crippen molar-refractivity contribution in [2.24, 2.45) is 5.92 Å². The van der Waals surface area contributed by atoms with Crippen LogP contribution in [0.25, 0.3) is 0 Å². The van der Waals surface area contributed by atoms with E-state index in [0.29, 0.717) is 30.8 Å². The van der Waals surface area contributed by atoms with E-state index in [9.17, 15) is 9.59 Å². The molecule has 0 bridgehead atoms. The Bertz CT molecular complexity index is 589. The molecule has 1 saturated carbocycles. The predicted molar refractivity (Wildman–Crippen MR) is 93.0 cm³/mol. The lowest BCUT2D eigenvalue weighted by molar-refractivity contribution is -0.122. The van der Waals surface area contributed by atoms with Crippen LogP contribution in [0, 0.1) is 5.92 Å². The maximum absolute atomic E-state index is 12.5. The Morgan fingerprint density at radius 2 is 2.24 bits per heavy atom. The molecule has 3 rings (SSSR count). The number of carbonyl (C=O) groups is 2. The number of aromatic nitrogens is 2. The molecule has 1 aromatic heterocycles. The smallest absolute Gasteiger partial charge is 0.241 e. The zero-order valence-electron chi connectivity index (χ0n) is 14.7. The molecule has 2 amide bonds. The summed E-state index contributed by atoms with van der Waals surface area (Å²) in [5.74, 6) is 0.473. The molecule has 2 aliphatic rings. The van der Waals surface area contributed by atoms with E-state index in [2.05, 4.69) is 21.0 Å². The average molecular weight is 349 g/mol. The minimum Gasteiger partial charge on any atom is -0.383 e. The summed E-state index contributed by atoms with van der Waals surface area (Å²) in [6, 6.07) is 0.358. The molecular formula is C17H27N5O3. The molecule has 25 heavy (non-hydrogen) atoms. The molecule has 8 heteroatoms. The van der Waals surface area contributed by atoms with E-state index in [0.717, 1.165) is 6.42 Å². The molecule has 1 aliphatic carbocycles. The Morgan fingerprint density at radius 1 is 1.40 bits per heavy atom. The van der Waals surface area contributed by atoms with Crippen molar-refractivity contribution in [3.05, 3.63) is 12.4 Å². The van der Waals surface area contributed by atoms with Crippen molar-refractivity contribution in [2.75, 3.05) is 25.6 Å². The van der Waals surface area contributed by atoms with Crippen LogP contribution in [-0.2, 0) is 20.9 Å². The number of nitrogens with zero attached hydrogens (tertiary/aromatic N) is 2. The molecular weight excluding hydrogens is 322 g/mol. The van der Waals surface area contributed by atoms with Crippen LogP contribution >= 0.6 is 0 Å². The van der Waals surface area contributed by atoms with Crippen molar-refractivity contribution in [2.45, 2.75) is 50.7 Å². The quantitative estimate of drug-likeness (QED) is 0.623. The molecule has 138 valence electrons. The lowest BCUT2D eigenvalue weighted by Crippen LogP contribution is -2.39. The van der Waals surface area contributed by atoms with Crippen LogP contribution in [0.15, 0.2) is 12.4 Å². The highest BCUT2D eigenvalue weighted by atomic mass is 16.5. The molecule has 0 aromatic carbocycles. The molecule has 1 aliphatic heterocycles. The van der Waals surface area contributed by atoms with Crippen LogP contribution in [0.1, 0.15) is 32.1 Å². The van der Waals surface area contributed by atoms with Gasteiger partial charge in [0.1, 0.15) is 6.54 Å². The summed E-state index contributed by atoms with van der Waals surface area (Å²) in [5, 5.41) is 13.2. The first-order valence-electron chi connectivity index (χ1n) is 9.00. The van der Waals surface area contributed by atoms with Crippen LogP contribution in [0.4, 0.5) is 5.69 Å². The summed E-state index contributed by atoms with van der Waals surface area (Å²) >= 11 is 0. The fourth-order valence-electron chi connectivity index (χ4n) is 3.76. The SMILES string of the molecule is COCCNC(=O)Cn1cc(NC(=O)C2CC3CCCCC3N2)cn1. The second kappa shape index (κ2) is 8.44. The average Bonchev–Trinajstić information content (AvgIpc) is 3.21. The number of nitrogens with one attached hydrogen (secondary N) is 3. The van der Waals surface area contributed by atoms with Crippen molar-refractivity contribution in [3.8, 4) is 0 Å². The first kappa shape index (κ1) is 17.9. The van der Waals surface area contributed by atoms with E-state index in [-0.39, 0.29) is 24.4 Å². The van der Waals surface area contributed by atoms with Gasteiger partial charge in [-0.1, -0.05) is 12.8 Å². The van der Waals surface area contributed by atoms with E-state index in [1.54, 1.807) is 19.5 Å². The number of ether oxygens (including phenoxy) is 1. The van der Waals surface area contributed by atoms with E-state index in [1.807, 2.05) is 0 Å². The standard InChI is InChI=1S/C17H27N5O3/c1-25-7-6-18-16(23)11-22-10-13(9-19-22)20-17(24)15-8-12-4-2-3-5-14(12)21-15/h9-10,12,14-15,21H,2-8,11H2,1H3,(H,18,23)(H,20,24). The van der Waals surface area contributed by atoms with Gasteiger partial charge < -0.3 is 20.7 Å². The Kier molecular flexibility index (Phi) is 6.04. The highest BCUT2D eigenvalue weighted by Crippen LogP contribution is 2.33. The monoisotopic (exact) mass is 349 g/mol. The zero-order valence-corrected chi connectivity index (χ0v) is 14.7. The van der Waals surface area contributed by atoms with Crippen LogP contribution in [-0.4, -0.2) is 53.9 Å². The number of hydrogen-bond donors (Lipinski definition) is 3. The third-order valence-electron chi connectivity index (χ3n) is 5.01. The van der Waals surface area contributed by atoms with Crippen LogP contribution < -0.4 is 16.0 Å².